The average Bonchev–Trinajstić information content (AvgIpc) is 3.57. The van der Waals surface area contributed by atoms with Crippen molar-refractivity contribution >= 4 is 21.9 Å². The number of aromatic nitrogens is 4. The first-order valence-corrected chi connectivity index (χ1v) is 11.8. The Hall–Kier alpha value is -4.01. The molecule has 1 saturated heterocycles. The van der Waals surface area contributed by atoms with Crippen LogP contribution < -0.4 is 0 Å². The van der Waals surface area contributed by atoms with Gasteiger partial charge in [-0.1, -0.05) is 24.0 Å². The minimum absolute atomic E-state index is 0.878. The second-order valence-electron chi connectivity index (χ2n) is 8.80. The molecule has 0 unspecified atom stereocenters. The van der Waals surface area contributed by atoms with E-state index < -0.39 is 0 Å². The van der Waals surface area contributed by atoms with Crippen LogP contribution in [0.5, 0.6) is 0 Å². The molecule has 3 aromatic heterocycles. The van der Waals surface area contributed by atoms with E-state index in [4.69, 9.17) is 0 Å². The quantitative estimate of drug-likeness (QED) is 0.367. The number of likely N-dealkylation sites (tertiary alicyclic amines) is 1. The molecule has 6 rings (SSSR count). The Morgan fingerprint density at radius 1 is 0.824 bits per heavy atom. The maximum atomic E-state index is 4.63. The molecule has 166 valence electrons. The Morgan fingerprint density at radius 2 is 1.68 bits per heavy atom. The molecule has 5 nitrogen and oxygen atoms in total. The lowest BCUT2D eigenvalue weighted by molar-refractivity contribution is 0.343. The van der Waals surface area contributed by atoms with Gasteiger partial charge in [-0.2, -0.15) is 0 Å². The number of nitrogens with zero attached hydrogens (tertiary/aromatic N) is 5. The normalized spacial score (nSPS) is 13.9. The highest BCUT2D eigenvalue weighted by atomic mass is 15.1. The van der Waals surface area contributed by atoms with Gasteiger partial charge >= 0.3 is 0 Å². The molecule has 0 spiro atoms. The summed E-state index contributed by atoms with van der Waals surface area (Å²) >= 11 is 0. The molecule has 2 aromatic carbocycles. The summed E-state index contributed by atoms with van der Waals surface area (Å²) < 4.78 is 2.15. The second kappa shape index (κ2) is 9.09. The van der Waals surface area contributed by atoms with Crippen LogP contribution in [0, 0.1) is 11.8 Å². The van der Waals surface area contributed by atoms with E-state index in [9.17, 15) is 0 Å². The molecule has 1 fully saturated rings. The Morgan fingerprint density at radius 3 is 2.50 bits per heavy atom. The van der Waals surface area contributed by atoms with Crippen LogP contribution in [0.1, 0.15) is 29.5 Å². The van der Waals surface area contributed by atoms with E-state index in [0.717, 1.165) is 51.7 Å². The first-order valence-electron chi connectivity index (χ1n) is 11.8. The van der Waals surface area contributed by atoms with Crippen molar-refractivity contribution in [2.24, 2.45) is 0 Å². The minimum atomic E-state index is 0.878. The number of hydrogen-bond donors (Lipinski definition) is 0. The molecular weight excluding hydrogens is 418 g/mol. The van der Waals surface area contributed by atoms with E-state index in [2.05, 4.69) is 66.6 Å². The number of hydrogen-bond acceptors (Lipinski definition) is 4. The molecule has 0 bridgehead atoms. The van der Waals surface area contributed by atoms with E-state index in [1.165, 1.54) is 31.5 Å². The Labute approximate surface area is 199 Å². The van der Waals surface area contributed by atoms with Gasteiger partial charge in [0, 0.05) is 41.1 Å². The SMILES string of the molecule is C(#Cc1ccc2ncc3ncn(-c4ccc(CCN5CCCC5)cc4)c3c2c1)c1cccnc1. The van der Waals surface area contributed by atoms with E-state index in [-0.39, 0.29) is 0 Å². The monoisotopic (exact) mass is 443 g/mol. The van der Waals surface area contributed by atoms with Crippen molar-refractivity contribution in [3.63, 3.8) is 0 Å². The van der Waals surface area contributed by atoms with Crippen LogP contribution in [0.2, 0.25) is 0 Å². The van der Waals surface area contributed by atoms with Crippen molar-refractivity contribution in [2.45, 2.75) is 19.3 Å². The Kier molecular flexibility index (Phi) is 5.50. The zero-order chi connectivity index (χ0) is 22.7. The van der Waals surface area contributed by atoms with E-state index in [0.29, 0.717) is 0 Å². The molecular formula is C29H25N5. The summed E-state index contributed by atoms with van der Waals surface area (Å²) in [6, 6.07) is 18.9. The molecule has 4 heterocycles. The standard InChI is InChI=1S/C29H25N5/c1-2-16-33(15-1)17-13-22-7-10-25(11-8-22)34-21-32-28-20-31-27-12-9-23(18-26(27)29(28)34)5-6-24-4-3-14-30-19-24/h3-4,7-12,14,18-21H,1-2,13,15-17H2. The number of rotatable bonds is 4. The summed E-state index contributed by atoms with van der Waals surface area (Å²) in [5, 5.41) is 1.05. The predicted octanol–water partition coefficient (Wildman–Crippen LogP) is 5.01. The molecule has 0 N–H and O–H groups in total. The molecule has 1 aliphatic heterocycles. The van der Waals surface area contributed by atoms with E-state index in [1.807, 2.05) is 36.8 Å². The van der Waals surface area contributed by atoms with Gasteiger partial charge in [0.2, 0.25) is 0 Å². The maximum absolute atomic E-state index is 4.63. The lowest BCUT2D eigenvalue weighted by atomic mass is 10.1. The largest absolute Gasteiger partial charge is 0.303 e. The Balaban J connectivity index is 1.34. The average molecular weight is 444 g/mol. The van der Waals surface area contributed by atoms with Gasteiger partial charge in [-0.05, 0) is 80.4 Å². The highest BCUT2D eigenvalue weighted by Crippen LogP contribution is 2.27. The molecule has 0 atom stereocenters. The summed E-state index contributed by atoms with van der Waals surface area (Å²) in [6.45, 7) is 3.64. The lowest BCUT2D eigenvalue weighted by Gasteiger charge is -2.14. The fourth-order valence-electron chi connectivity index (χ4n) is 4.66. The van der Waals surface area contributed by atoms with Gasteiger partial charge in [0.1, 0.15) is 11.8 Å². The molecule has 0 amide bonds. The molecule has 1 aliphatic rings. The summed E-state index contributed by atoms with van der Waals surface area (Å²) in [4.78, 5) is 15.9. The number of fused-ring (bicyclic) bond motifs is 3. The maximum Gasteiger partial charge on any atom is 0.108 e. The number of pyridine rings is 2. The van der Waals surface area contributed by atoms with Crippen LogP contribution in [-0.2, 0) is 6.42 Å². The highest BCUT2D eigenvalue weighted by molar-refractivity contribution is 6.03. The zero-order valence-corrected chi connectivity index (χ0v) is 19.0. The van der Waals surface area contributed by atoms with E-state index in [1.54, 1.807) is 12.4 Å². The summed E-state index contributed by atoms with van der Waals surface area (Å²) in [7, 11) is 0. The van der Waals surface area contributed by atoms with Crippen LogP contribution >= 0.6 is 0 Å². The lowest BCUT2D eigenvalue weighted by Crippen LogP contribution is -2.21. The van der Waals surface area contributed by atoms with Crippen LogP contribution in [0.15, 0.2) is 79.5 Å². The van der Waals surface area contributed by atoms with Gasteiger partial charge in [0.25, 0.3) is 0 Å². The first kappa shape index (κ1) is 20.6. The topological polar surface area (TPSA) is 46.8 Å². The van der Waals surface area contributed by atoms with Crippen molar-refractivity contribution in [3.05, 3.63) is 96.2 Å². The summed E-state index contributed by atoms with van der Waals surface area (Å²) in [5.41, 5.74) is 7.18. The van der Waals surface area contributed by atoms with E-state index >= 15 is 0 Å². The van der Waals surface area contributed by atoms with Gasteiger partial charge in [-0.25, -0.2) is 4.98 Å². The third kappa shape index (κ3) is 4.16. The predicted molar refractivity (Wildman–Crippen MR) is 136 cm³/mol. The fraction of sp³-hybridized carbons (Fsp3) is 0.207. The minimum Gasteiger partial charge on any atom is -0.303 e. The third-order valence-electron chi connectivity index (χ3n) is 6.52. The number of benzene rings is 2. The van der Waals surface area contributed by atoms with Crippen LogP contribution in [-0.4, -0.2) is 44.1 Å². The van der Waals surface area contributed by atoms with Gasteiger partial charge in [-0.15, -0.1) is 0 Å². The van der Waals surface area contributed by atoms with Crippen molar-refractivity contribution < 1.29 is 0 Å². The van der Waals surface area contributed by atoms with Gasteiger partial charge in [0.05, 0.1) is 17.2 Å². The summed E-state index contributed by atoms with van der Waals surface area (Å²) in [5.74, 6) is 6.46. The molecule has 5 heteroatoms. The molecule has 0 saturated carbocycles. The zero-order valence-electron chi connectivity index (χ0n) is 19.0. The van der Waals surface area contributed by atoms with Crippen LogP contribution in [0.4, 0.5) is 0 Å². The fourth-order valence-corrected chi connectivity index (χ4v) is 4.66. The van der Waals surface area contributed by atoms with Crippen molar-refractivity contribution in [1.82, 2.24) is 24.4 Å². The summed E-state index contributed by atoms with van der Waals surface area (Å²) in [6.07, 6.45) is 11.0. The van der Waals surface area contributed by atoms with Gasteiger partial charge in [0.15, 0.2) is 0 Å². The van der Waals surface area contributed by atoms with Gasteiger partial charge in [-0.3, -0.25) is 14.5 Å². The van der Waals surface area contributed by atoms with Crippen molar-refractivity contribution in [2.75, 3.05) is 19.6 Å². The molecule has 5 aromatic rings. The van der Waals surface area contributed by atoms with Crippen LogP contribution in [0.3, 0.4) is 0 Å². The Bertz CT molecular complexity index is 1500. The number of imidazole rings is 1. The molecule has 0 aliphatic carbocycles. The smallest absolute Gasteiger partial charge is 0.108 e. The third-order valence-corrected chi connectivity index (χ3v) is 6.52. The molecule has 34 heavy (non-hydrogen) atoms. The second-order valence-corrected chi connectivity index (χ2v) is 8.80. The van der Waals surface area contributed by atoms with Crippen LogP contribution in [0.25, 0.3) is 27.6 Å². The highest BCUT2D eigenvalue weighted by Gasteiger charge is 2.12. The van der Waals surface area contributed by atoms with Gasteiger partial charge < -0.3 is 4.90 Å². The first-order chi connectivity index (χ1) is 16.8. The molecule has 0 radical (unpaired) electrons. The van der Waals surface area contributed by atoms with Crippen molar-refractivity contribution in [1.29, 1.82) is 0 Å². The van der Waals surface area contributed by atoms with Crippen molar-refractivity contribution in [3.8, 4) is 17.5 Å².